The molecule has 0 aromatic heterocycles. The van der Waals surface area contributed by atoms with Crippen LogP contribution in [0.1, 0.15) is 47.1 Å². The van der Waals surface area contributed by atoms with Gasteiger partial charge in [0.05, 0.1) is 73.8 Å². The van der Waals surface area contributed by atoms with Crippen molar-refractivity contribution in [1.82, 2.24) is 0 Å². The van der Waals surface area contributed by atoms with Crippen LogP contribution in [-0.4, -0.2) is 139 Å². The van der Waals surface area contributed by atoms with E-state index in [4.69, 9.17) is 52.0 Å². The second-order valence-electron chi connectivity index (χ2n) is 26.0. The number of sulfonamides is 2. The van der Waals surface area contributed by atoms with Gasteiger partial charge in [0.1, 0.15) is 52.5 Å². The van der Waals surface area contributed by atoms with Gasteiger partial charge in [0, 0.05) is 69.1 Å². The van der Waals surface area contributed by atoms with E-state index in [0.29, 0.717) is 39.8 Å². The zero-order chi connectivity index (χ0) is 85.0. The number of benzene rings is 11. The number of phenolic OH excluding ortho intramolecular Hbond substituents is 3. The summed E-state index contributed by atoms with van der Waals surface area (Å²) in [5.41, 5.74) is 4.07. The van der Waals surface area contributed by atoms with Crippen molar-refractivity contribution < 1.29 is 94.5 Å². The molecule has 0 saturated carbocycles. The van der Waals surface area contributed by atoms with Crippen LogP contribution in [-0.2, 0) is 44.0 Å². The molecule has 608 valence electrons. The Morgan fingerprint density at radius 1 is 0.487 bits per heavy atom. The Morgan fingerprint density at radius 2 is 0.957 bits per heavy atom. The van der Waals surface area contributed by atoms with Crippen molar-refractivity contribution in [3.05, 3.63) is 257 Å². The van der Waals surface area contributed by atoms with E-state index >= 15 is 0 Å². The van der Waals surface area contributed by atoms with Gasteiger partial charge in [0.2, 0.25) is 15.9 Å². The fraction of sp³-hybridized carbons (Fsp3) is 0.155. The summed E-state index contributed by atoms with van der Waals surface area (Å²) >= 11 is 12.5. The van der Waals surface area contributed by atoms with Crippen molar-refractivity contribution >= 4 is 147 Å². The Labute approximate surface area is 684 Å². The molecule has 0 spiro atoms. The van der Waals surface area contributed by atoms with E-state index in [0.717, 1.165) is 36.9 Å². The minimum absolute atomic E-state index is 0.0465. The number of amides is 6. The number of carboxylic acid groups (broad SMARTS) is 1. The molecule has 2 atom stereocenters. The first-order valence-corrected chi connectivity index (χ1v) is 39.4. The molecule has 6 amide bonds. The lowest BCUT2D eigenvalue weighted by Gasteiger charge is -2.21. The number of anilines is 9. The van der Waals surface area contributed by atoms with Crippen LogP contribution in [0.4, 0.5) is 51.2 Å². The lowest BCUT2D eigenvalue weighted by Crippen LogP contribution is -2.34. The standard InChI is InChI=1S/C31H31N3O6.C29H26ClN3O8S.C24H24ClN3O6S/c1-20-5-7-21(8-6-20)31(37)33-26-18-29(40-25-15-13-23(38-4)14-16-25)27(17-28(26)35)32-30(36)19-39-24-11-9-22(10-12-24)34(2)3;1-17(41-20-12-10-19(11-13-20)33(16-27(35)36)42(2,39)40)28(37)31-24-15-26(34)25(14-23(24)30)32-29(38)22-9-5-7-18-6-3-4-8-21(18)22;1-15(24(31)27-21-14-23(30)22(13-20(21)25)26-16(2)29)34-18-11-9-17(10-12-18)28(3)35(32,33)19-7-5-4-6-8-19/h5-18,35H,19H2,1-4H3,(H,32,36)(H,33,37);3-15,17,34H,16H2,1-2H3,(H,31,37)(H,32,38)(H,35,36);4-15,30H,1-3H3,(H,26,29)(H,27,31). The average Bonchev–Trinajstić information content (AvgIpc) is 0.830. The summed E-state index contributed by atoms with van der Waals surface area (Å²) < 4.78 is 79.5. The van der Waals surface area contributed by atoms with Crippen LogP contribution in [0.3, 0.4) is 0 Å². The third-order valence-electron chi connectivity index (χ3n) is 17.0. The second kappa shape index (κ2) is 39.3. The van der Waals surface area contributed by atoms with Gasteiger partial charge < -0.3 is 80.9 Å². The molecule has 0 heterocycles. The van der Waals surface area contributed by atoms with E-state index < -0.39 is 74.3 Å². The fourth-order valence-corrected chi connectivity index (χ4v) is 13.3. The number of nitrogens with one attached hydrogen (secondary N) is 6. The molecule has 0 aliphatic carbocycles. The summed E-state index contributed by atoms with van der Waals surface area (Å²) in [6.45, 7) is 5.18. The number of methoxy groups -OCH3 is 1. The summed E-state index contributed by atoms with van der Waals surface area (Å²) in [7, 11) is -0.690. The first-order chi connectivity index (χ1) is 55.5. The van der Waals surface area contributed by atoms with E-state index in [2.05, 4.69) is 31.9 Å². The topological polar surface area (TPSA) is 397 Å². The number of aryl methyl sites for hydroxylation is 1. The molecule has 0 radical (unpaired) electrons. The molecule has 11 rings (SSSR count). The van der Waals surface area contributed by atoms with Gasteiger partial charge in [-0.2, -0.15) is 0 Å². The van der Waals surface area contributed by atoms with Gasteiger partial charge in [-0.15, -0.1) is 0 Å². The van der Waals surface area contributed by atoms with E-state index in [1.165, 1.54) is 101 Å². The highest BCUT2D eigenvalue weighted by molar-refractivity contribution is 7.93. The maximum absolute atomic E-state index is 13.0. The highest BCUT2D eigenvalue weighted by atomic mass is 35.5. The first kappa shape index (κ1) is 87.2. The number of rotatable bonds is 28. The summed E-state index contributed by atoms with van der Waals surface area (Å²) in [5, 5.41) is 57.7. The Bertz CT molecular complexity index is 5680. The number of aliphatic carboxylic acids is 1. The predicted molar refractivity (Wildman–Crippen MR) is 450 cm³/mol. The molecule has 11 aromatic rings. The monoisotopic (exact) mass is 1670 g/mol. The molecule has 33 heteroatoms. The molecule has 11 aromatic carbocycles. The van der Waals surface area contributed by atoms with Crippen LogP contribution in [0.2, 0.25) is 10.0 Å². The summed E-state index contributed by atoms with van der Waals surface area (Å²) in [6, 6.07) is 61.5. The van der Waals surface area contributed by atoms with Crippen molar-refractivity contribution in [3.63, 3.8) is 0 Å². The van der Waals surface area contributed by atoms with Gasteiger partial charge in [-0.05, 0) is 171 Å². The molecule has 0 bridgehead atoms. The highest BCUT2D eigenvalue weighted by Gasteiger charge is 2.26. The number of carboxylic acids is 1. The summed E-state index contributed by atoms with van der Waals surface area (Å²) in [5.74, 6) is -2.64. The van der Waals surface area contributed by atoms with E-state index in [1.54, 1.807) is 110 Å². The third kappa shape index (κ3) is 24.2. The van der Waals surface area contributed by atoms with Gasteiger partial charge in [-0.1, -0.05) is 95.5 Å². The van der Waals surface area contributed by atoms with E-state index in [1.807, 2.05) is 80.5 Å². The molecular formula is C84H81Cl2N9O20S2. The summed E-state index contributed by atoms with van der Waals surface area (Å²) in [4.78, 5) is 88.3. The molecule has 29 nitrogen and oxygen atoms in total. The van der Waals surface area contributed by atoms with Crippen LogP contribution in [0.15, 0.2) is 235 Å². The smallest absolute Gasteiger partial charge is 0.324 e. The Hall–Kier alpha value is -13.8. The third-order valence-corrected chi connectivity index (χ3v) is 20.6. The number of carbonyl (C=O) groups is 7. The van der Waals surface area contributed by atoms with Crippen LogP contribution in [0.5, 0.6) is 51.7 Å². The van der Waals surface area contributed by atoms with Crippen LogP contribution in [0, 0.1) is 6.92 Å². The highest BCUT2D eigenvalue weighted by Crippen LogP contribution is 2.41. The minimum atomic E-state index is -3.85. The number of halogens is 2. The lowest BCUT2D eigenvalue weighted by atomic mass is 10.0. The Kier molecular flexibility index (Phi) is 29.3. The van der Waals surface area contributed by atoms with Crippen molar-refractivity contribution in [2.75, 3.05) is 93.1 Å². The summed E-state index contributed by atoms with van der Waals surface area (Å²) in [6.07, 6.45) is -1.11. The Balaban J connectivity index is 0.000000201. The molecular weight excluding hydrogens is 1590 g/mol. The largest absolute Gasteiger partial charge is 0.506 e. The second-order valence-corrected chi connectivity index (χ2v) is 30.7. The molecule has 0 fully saturated rings. The number of hydrogen-bond acceptors (Lipinski definition) is 20. The zero-order valence-electron chi connectivity index (χ0n) is 64.2. The normalized spacial score (nSPS) is 11.4. The van der Waals surface area contributed by atoms with Crippen LogP contribution < -0.4 is 69.1 Å². The SMILES string of the molecule is CC(=O)Nc1cc(Cl)c(NC(=O)C(C)Oc2ccc(N(C)S(=O)(=O)c3ccccc3)cc2)cc1O.CC(Oc1ccc(N(CC(=O)O)S(C)(=O)=O)cc1)C(=O)Nc1cc(O)c(NC(=O)c2cccc3ccccc23)cc1Cl.COc1ccc(Oc2cc(NC(=O)c3ccc(C)cc3)c(O)cc2NC(=O)COc2ccc(N(C)C)cc2)cc1. The van der Waals surface area contributed by atoms with Crippen LogP contribution >= 0.6 is 23.2 Å². The van der Waals surface area contributed by atoms with Gasteiger partial charge in [0.15, 0.2) is 24.6 Å². The van der Waals surface area contributed by atoms with Crippen molar-refractivity contribution in [2.45, 2.75) is 44.8 Å². The number of fused-ring (bicyclic) bond motifs is 1. The van der Waals surface area contributed by atoms with Gasteiger partial charge in [-0.25, -0.2) is 16.8 Å². The molecule has 0 aliphatic rings. The maximum Gasteiger partial charge on any atom is 0.324 e. The van der Waals surface area contributed by atoms with Crippen molar-refractivity contribution in [3.8, 4) is 51.7 Å². The molecule has 0 aliphatic heterocycles. The number of hydrogen-bond donors (Lipinski definition) is 10. The number of ether oxygens (including phenoxy) is 5. The van der Waals surface area contributed by atoms with Gasteiger partial charge >= 0.3 is 5.97 Å². The molecule has 0 saturated heterocycles. The molecule has 2 unspecified atom stereocenters. The lowest BCUT2D eigenvalue weighted by molar-refractivity contribution is -0.135. The zero-order valence-corrected chi connectivity index (χ0v) is 67.4. The number of carbonyl (C=O) groups excluding carboxylic acids is 6. The van der Waals surface area contributed by atoms with Gasteiger partial charge in [0.25, 0.3) is 39.6 Å². The number of nitrogens with zero attached hydrogens (tertiary/aromatic N) is 3. The van der Waals surface area contributed by atoms with Crippen molar-refractivity contribution in [2.24, 2.45) is 0 Å². The first-order valence-electron chi connectivity index (χ1n) is 35.3. The molecule has 117 heavy (non-hydrogen) atoms. The van der Waals surface area contributed by atoms with Crippen LogP contribution in [0.25, 0.3) is 10.8 Å². The predicted octanol–water partition coefficient (Wildman–Crippen LogP) is 14.8. The fourth-order valence-electron chi connectivity index (χ4n) is 10.8. The number of aromatic hydroxyl groups is 3. The number of phenols is 3. The van der Waals surface area contributed by atoms with E-state index in [-0.39, 0.29) is 96.0 Å². The molecule has 10 N–H and O–H groups in total. The maximum atomic E-state index is 13.0. The Morgan fingerprint density at radius 3 is 1.49 bits per heavy atom. The minimum Gasteiger partial charge on any atom is -0.506 e. The quantitative estimate of drug-likeness (QED) is 0.0204. The van der Waals surface area contributed by atoms with Gasteiger partial charge in [-0.3, -0.25) is 42.2 Å². The van der Waals surface area contributed by atoms with Crippen molar-refractivity contribution in [1.29, 1.82) is 0 Å². The van der Waals surface area contributed by atoms with E-state index in [9.17, 15) is 65.7 Å². The average molecular weight is 1670 g/mol.